The van der Waals surface area contributed by atoms with Crippen molar-refractivity contribution in [2.45, 2.75) is 239 Å². The van der Waals surface area contributed by atoms with Crippen LogP contribution in [0.3, 0.4) is 0 Å². The monoisotopic (exact) mass is 805 g/mol. The molecule has 2 aliphatic rings. The van der Waals surface area contributed by atoms with Crippen molar-refractivity contribution in [1.82, 2.24) is 9.80 Å². The van der Waals surface area contributed by atoms with Crippen LogP contribution in [0.1, 0.15) is 233 Å². The topological polar surface area (TPSA) is 79.3 Å². The third kappa shape index (κ3) is 25.3. The van der Waals surface area contributed by atoms with Gasteiger partial charge in [-0.3, -0.25) is 14.5 Å². The number of piperidine rings is 2. The molecule has 0 saturated carbocycles. The van der Waals surface area contributed by atoms with Crippen LogP contribution >= 0.6 is 0 Å². The van der Waals surface area contributed by atoms with E-state index in [0.717, 1.165) is 84.1 Å². The van der Waals surface area contributed by atoms with Gasteiger partial charge in [0.05, 0.1) is 6.04 Å². The maximum atomic E-state index is 13.5. The van der Waals surface area contributed by atoms with Gasteiger partial charge in [-0.05, 0) is 114 Å². The molecule has 0 aromatic rings. The lowest BCUT2D eigenvalue weighted by Gasteiger charge is -2.48. The standard InChI is InChI=1S/C50H96N2O5/c1-5-9-13-17-19-23-29-45(27-21-15-11-7-3)41-48(54)56-43-47(52-38-33-50(34-39-52)31-36-51(37-32-50)35-25-26-40-53)44-57-49(55)42-46(28-22-16-12-8-4)30-24-20-18-14-10-6-2/h45-47,53H,5-44H2,1-4H3. The number of hydrogen-bond donors (Lipinski definition) is 1. The van der Waals surface area contributed by atoms with Crippen molar-refractivity contribution in [1.29, 1.82) is 0 Å². The van der Waals surface area contributed by atoms with Crippen molar-refractivity contribution in [2.24, 2.45) is 17.3 Å². The fraction of sp³-hybridized carbons (Fsp3) is 0.960. The molecule has 1 N–H and O–H groups in total. The third-order valence-corrected chi connectivity index (χ3v) is 13.8. The highest BCUT2D eigenvalue weighted by molar-refractivity contribution is 5.70. The van der Waals surface area contributed by atoms with Crippen molar-refractivity contribution in [3.05, 3.63) is 0 Å². The smallest absolute Gasteiger partial charge is 0.306 e. The number of aliphatic hydroxyl groups is 1. The number of ether oxygens (including phenoxy) is 2. The minimum absolute atomic E-state index is 0.0640. The number of hydrogen-bond acceptors (Lipinski definition) is 7. The third-order valence-electron chi connectivity index (χ3n) is 13.8. The van der Waals surface area contributed by atoms with Gasteiger partial charge in [-0.2, -0.15) is 0 Å². The molecule has 2 unspecified atom stereocenters. The quantitative estimate of drug-likeness (QED) is 0.0495. The van der Waals surface area contributed by atoms with Crippen LogP contribution in [0.25, 0.3) is 0 Å². The molecule has 7 nitrogen and oxygen atoms in total. The number of esters is 2. The molecule has 2 rings (SSSR count). The van der Waals surface area contributed by atoms with Crippen molar-refractivity contribution in [2.75, 3.05) is 52.5 Å². The molecule has 7 heteroatoms. The average Bonchev–Trinajstić information content (AvgIpc) is 3.21. The maximum absolute atomic E-state index is 13.5. The van der Waals surface area contributed by atoms with Crippen molar-refractivity contribution in [3.8, 4) is 0 Å². The van der Waals surface area contributed by atoms with E-state index in [4.69, 9.17) is 9.47 Å². The lowest BCUT2D eigenvalue weighted by molar-refractivity contribution is -0.152. The average molecular weight is 805 g/mol. The Bertz CT molecular complexity index is 893. The second kappa shape index (κ2) is 34.5. The number of likely N-dealkylation sites (tertiary alicyclic amines) is 2. The second-order valence-corrected chi connectivity index (χ2v) is 18.8. The molecule has 0 aliphatic carbocycles. The summed E-state index contributed by atoms with van der Waals surface area (Å²) in [4.78, 5) is 32.1. The molecule has 57 heavy (non-hydrogen) atoms. The summed E-state index contributed by atoms with van der Waals surface area (Å²) < 4.78 is 12.3. The van der Waals surface area contributed by atoms with Gasteiger partial charge in [0.25, 0.3) is 0 Å². The molecule has 2 saturated heterocycles. The molecule has 0 amide bonds. The Labute approximate surface area is 353 Å². The van der Waals surface area contributed by atoms with E-state index in [2.05, 4.69) is 37.5 Å². The van der Waals surface area contributed by atoms with Gasteiger partial charge < -0.3 is 19.5 Å². The van der Waals surface area contributed by atoms with Crippen LogP contribution in [-0.4, -0.2) is 85.4 Å². The van der Waals surface area contributed by atoms with Gasteiger partial charge in [-0.1, -0.05) is 156 Å². The summed E-state index contributed by atoms with van der Waals surface area (Å²) in [5, 5.41) is 9.22. The first-order chi connectivity index (χ1) is 27.9. The first kappa shape index (κ1) is 52.0. The highest BCUT2D eigenvalue weighted by Crippen LogP contribution is 2.41. The first-order valence-electron chi connectivity index (χ1n) is 25.3. The van der Waals surface area contributed by atoms with E-state index in [1.54, 1.807) is 0 Å². The number of carbonyl (C=O) groups is 2. The molecule has 0 aromatic heterocycles. The molecule has 2 aliphatic heterocycles. The molecule has 1 spiro atoms. The zero-order chi connectivity index (χ0) is 41.2. The second-order valence-electron chi connectivity index (χ2n) is 18.8. The van der Waals surface area contributed by atoms with Gasteiger partial charge in [-0.25, -0.2) is 0 Å². The van der Waals surface area contributed by atoms with Crippen LogP contribution in [0.2, 0.25) is 0 Å². The van der Waals surface area contributed by atoms with E-state index in [-0.39, 0.29) is 24.6 Å². The number of carbonyl (C=O) groups excluding carboxylic acids is 2. The summed E-state index contributed by atoms with van der Waals surface area (Å²) >= 11 is 0. The van der Waals surface area contributed by atoms with Gasteiger partial charge in [-0.15, -0.1) is 0 Å². The molecule has 0 radical (unpaired) electrons. The highest BCUT2D eigenvalue weighted by atomic mass is 16.5. The van der Waals surface area contributed by atoms with E-state index >= 15 is 0 Å². The van der Waals surface area contributed by atoms with Crippen molar-refractivity contribution >= 4 is 11.9 Å². The number of aliphatic hydroxyl groups excluding tert-OH is 1. The first-order valence-corrected chi connectivity index (χ1v) is 25.3. The van der Waals surface area contributed by atoms with Crippen LogP contribution in [-0.2, 0) is 19.1 Å². The lowest BCUT2D eigenvalue weighted by atomic mass is 9.71. The number of nitrogens with zero attached hydrogens (tertiary/aromatic N) is 2. The highest BCUT2D eigenvalue weighted by Gasteiger charge is 2.39. The lowest BCUT2D eigenvalue weighted by Crippen LogP contribution is -2.52. The van der Waals surface area contributed by atoms with Gasteiger partial charge in [0.2, 0.25) is 0 Å². The summed E-state index contributed by atoms with van der Waals surface area (Å²) in [5.41, 5.74) is 0.394. The summed E-state index contributed by atoms with van der Waals surface area (Å²) in [6.07, 6.45) is 37.6. The van der Waals surface area contributed by atoms with E-state index in [9.17, 15) is 14.7 Å². The van der Waals surface area contributed by atoms with E-state index in [1.165, 1.54) is 141 Å². The van der Waals surface area contributed by atoms with Gasteiger partial charge in [0, 0.05) is 19.4 Å². The van der Waals surface area contributed by atoms with Gasteiger partial charge in [0.1, 0.15) is 13.2 Å². The number of rotatable bonds is 37. The van der Waals surface area contributed by atoms with E-state index < -0.39 is 0 Å². The molecule has 0 bridgehead atoms. The van der Waals surface area contributed by atoms with Gasteiger partial charge >= 0.3 is 11.9 Å². The van der Waals surface area contributed by atoms with Crippen LogP contribution in [0, 0.1) is 17.3 Å². The van der Waals surface area contributed by atoms with Crippen LogP contribution in [0.5, 0.6) is 0 Å². The molecule has 0 aromatic carbocycles. The summed E-state index contributed by atoms with van der Waals surface area (Å²) in [5.74, 6) is 0.681. The van der Waals surface area contributed by atoms with Crippen molar-refractivity contribution < 1.29 is 24.2 Å². The molecular weight excluding hydrogens is 709 g/mol. The Morgan fingerprint density at radius 3 is 1.28 bits per heavy atom. The van der Waals surface area contributed by atoms with Gasteiger partial charge in [0.15, 0.2) is 0 Å². The predicted molar refractivity (Wildman–Crippen MR) is 241 cm³/mol. The van der Waals surface area contributed by atoms with Crippen LogP contribution in [0.15, 0.2) is 0 Å². The minimum atomic E-state index is -0.0861. The fourth-order valence-corrected chi connectivity index (χ4v) is 9.63. The molecule has 2 atom stereocenters. The Kier molecular flexibility index (Phi) is 31.5. The van der Waals surface area contributed by atoms with E-state index in [0.29, 0.717) is 43.3 Å². The molecular formula is C50H96N2O5. The Morgan fingerprint density at radius 1 is 0.509 bits per heavy atom. The van der Waals surface area contributed by atoms with Crippen LogP contribution in [0.4, 0.5) is 0 Å². The number of unbranched alkanes of at least 4 members (excludes halogenated alkanes) is 17. The largest absolute Gasteiger partial charge is 0.464 e. The predicted octanol–water partition coefficient (Wildman–Crippen LogP) is 12.8. The Morgan fingerprint density at radius 2 is 0.877 bits per heavy atom. The SMILES string of the molecule is CCCCCCCCC(CCCCCC)CC(=O)OCC(COC(=O)CC(CCCCCC)CCCCCCCC)N1CCC2(CCN(CCCCO)CC2)CC1. The Balaban J connectivity index is 2.01. The maximum Gasteiger partial charge on any atom is 0.306 e. The summed E-state index contributed by atoms with van der Waals surface area (Å²) in [6.45, 7) is 15.3. The van der Waals surface area contributed by atoms with Crippen LogP contribution < -0.4 is 0 Å². The molecule has 2 fully saturated rings. The minimum Gasteiger partial charge on any atom is -0.464 e. The fourth-order valence-electron chi connectivity index (χ4n) is 9.63. The molecule has 336 valence electrons. The van der Waals surface area contributed by atoms with Crippen molar-refractivity contribution in [3.63, 3.8) is 0 Å². The molecule has 2 heterocycles. The normalized spacial score (nSPS) is 17.8. The Hall–Kier alpha value is -1.18. The zero-order valence-corrected chi connectivity index (χ0v) is 38.5. The summed E-state index contributed by atoms with van der Waals surface area (Å²) in [6, 6.07) is -0.0861. The summed E-state index contributed by atoms with van der Waals surface area (Å²) in [7, 11) is 0. The van der Waals surface area contributed by atoms with E-state index in [1.807, 2.05) is 0 Å². The zero-order valence-electron chi connectivity index (χ0n) is 38.5.